The van der Waals surface area contributed by atoms with E-state index in [1.54, 1.807) is 0 Å². The molecule has 21 heavy (non-hydrogen) atoms. The SMILES string of the molecule is Cc1cn(C(=O)C[C@@H](CO)OCP(=O)(O)O)c(=O)[nH]c1=O. The largest absolute Gasteiger partial charge is 0.394 e. The highest BCUT2D eigenvalue weighted by atomic mass is 31.2. The van der Waals surface area contributed by atoms with Gasteiger partial charge in [0, 0.05) is 11.8 Å². The van der Waals surface area contributed by atoms with Crippen molar-refractivity contribution < 1.29 is 29.0 Å². The van der Waals surface area contributed by atoms with Crippen LogP contribution in [0, 0.1) is 6.92 Å². The second kappa shape index (κ2) is 6.92. The van der Waals surface area contributed by atoms with Crippen LogP contribution < -0.4 is 11.2 Å². The summed E-state index contributed by atoms with van der Waals surface area (Å²) in [7, 11) is -4.43. The van der Waals surface area contributed by atoms with Gasteiger partial charge in [-0.25, -0.2) is 9.36 Å². The molecule has 4 N–H and O–H groups in total. The number of hydrogen-bond acceptors (Lipinski definition) is 6. The van der Waals surface area contributed by atoms with Crippen molar-refractivity contribution in [3.8, 4) is 0 Å². The summed E-state index contributed by atoms with van der Waals surface area (Å²) in [4.78, 5) is 53.8. The molecule has 118 valence electrons. The lowest BCUT2D eigenvalue weighted by molar-refractivity contribution is 0.0224. The van der Waals surface area contributed by atoms with Crippen LogP contribution in [0.3, 0.4) is 0 Å². The molecular formula is C10H15N2O8P. The quantitative estimate of drug-likeness (QED) is 0.455. The van der Waals surface area contributed by atoms with Crippen LogP contribution in [0.2, 0.25) is 0 Å². The monoisotopic (exact) mass is 322 g/mol. The zero-order valence-electron chi connectivity index (χ0n) is 11.1. The molecule has 1 aromatic heterocycles. The Morgan fingerprint density at radius 2 is 2.10 bits per heavy atom. The van der Waals surface area contributed by atoms with Gasteiger partial charge >= 0.3 is 13.3 Å². The van der Waals surface area contributed by atoms with Crippen molar-refractivity contribution in [3.05, 3.63) is 32.6 Å². The highest BCUT2D eigenvalue weighted by Gasteiger charge is 2.21. The molecule has 10 nitrogen and oxygen atoms in total. The van der Waals surface area contributed by atoms with E-state index in [0.29, 0.717) is 4.57 Å². The molecule has 0 aromatic carbocycles. The first-order chi connectivity index (χ1) is 9.64. The lowest BCUT2D eigenvalue weighted by Crippen LogP contribution is -2.36. The van der Waals surface area contributed by atoms with E-state index in [1.807, 2.05) is 4.98 Å². The van der Waals surface area contributed by atoms with Crippen LogP contribution in [0.4, 0.5) is 0 Å². The van der Waals surface area contributed by atoms with Gasteiger partial charge in [0.25, 0.3) is 5.56 Å². The first-order valence-corrected chi connectivity index (χ1v) is 7.56. The van der Waals surface area contributed by atoms with E-state index in [0.717, 1.165) is 6.20 Å². The third-order valence-electron chi connectivity index (χ3n) is 2.47. The summed E-state index contributed by atoms with van der Waals surface area (Å²) in [5, 5.41) is 9.01. The van der Waals surface area contributed by atoms with Gasteiger partial charge < -0.3 is 19.6 Å². The predicted octanol–water partition coefficient (Wildman–Crippen LogP) is -1.61. The summed E-state index contributed by atoms with van der Waals surface area (Å²) in [5.74, 6) is -0.788. The van der Waals surface area contributed by atoms with E-state index >= 15 is 0 Å². The van der Waals surface area contributed by atoms with Gasteiger partial charge in [-0.3, -0.25) is 19.1 Å². The van der Waals surface area contributed by atoms with Crippen LogP contribution in [0.5, 0.6) is 0 Å². The van der Waals surface area contributed by atoms with Gasteiger partial charge in [0.05, 0.1) is 19.1 Å². The van der Waals surface area contributed by atoms with Crippen LogP contribution in [0.25, 0.3) is 0 Å². The molecule has 1 heterocycles. The second-order valence-electron chi connectivity index (χ2n) is 4.30. The van der Waals surface area contributed by atoms with Crippen molar-refractivity contribution in [3.63, 3.8) is 0 Å². The van der Waals surface area contributed by atoms with Crippen molar-refractivity contribution in [2.45, 2.75) is 19.4 Å². The fourth-order valence-electron chi connectivity index (χ4n) is 1.42. The molecule has 0 aliphatic carbocycles. The van der Waals surface area contributed by atoms with E-state index in [2.05, 4.69) is 0 Å². The molecule has 1 rings (SSSR count). The number of carbonyl (C=O) groups excluding carboxylic acids is 1. The van der Waals surface area contributed by atoms with E-state index in [4.69, 9.17) is 19.6 Å². The smallest absolute Gasteiger partial charge is 0.350 e. The summed E-state index contributed by atoms with van der Waals surface area (Å²) in [6, 6.07) is 0. The number of ether oxygens (including phenoxy) is 1. The number of aliphatic hydroxyl groups excluding tert-OH is 1. The number of aliphatic hydroxyl groups is 1. The first-order valence-electron chi connectivity index (χ1n) is 5.77. The van der Waals surface area contributed by atoms with Crippen molar-refractivity contribution in [2.24, 2.45) is 0 Å². The van der Waals surface area contributed by atoms with Crippen molar-refractivity contribution in [1.82, 2.24) is 9.55 Å². The Balaban J connectivity index is 2.84. The van der Waals surface area contributed by atoms with Crippen molar-refractivity contribution in [2.75, 3.05) is 13.0 Å². The maximum atomic E-state index is 11.9. The van der Waals surface area contributed by atoms with Gasteiger partial charge in [-0.1, -0.05) is 0 Å². The standard InChI is InChI=1S/C10H15N2O8P/c1-6-3-12(10(16)11-9(6)15)8(14)2-7(4-13)20-5-21(17,18)19/h3,7,13H,2,4-5H2,1H3,(H,11,15,16)(H2,17,18,19)/t7-/m0/s1. The molecule has 1 aromatic rings. The molecule has 0 aliphatic heterocycles. The fourth-order valence-corrected chi connectivity index (χ4v) is 1.83. The maximum Gasteiger partial charge on any atom is 0.350 e. The Hall–Kier alpha value is -1.58. The van der Waals surface area contributed by atoms with E-state index < -0.39 is 50.2 Å². The molecule has 0 amide bonds. The van der Waals surface area contributed by atoms with Crippen LogP contribution in [-0.2, 0) is 9.30 Å². The zero-order valence-corrected chi connectivity index (χ0v) is 11.9. The zero-order chi connectivity index (χ0) is 16.2. The molecule has 0 aliphatic rings. The molecule has 0 spiro atoms. The minimum Gasteiger partial charge on any atom is -0.394 e. The van der Waals surface area contributed by atoms with Crippen LogP contribution in [0.1, 0.15) is 16.8 Å². The molecule has 11 heteroatoms. The summed E-state index contributed by atoms with van der Waals surface area (Å²) in [5.41, 5.74) is -1.43. The van der Waals surface area contributed by atoms with Gasteiger partial charge in [0.1, 0.15) is 6.35 Å². The fraction of sp³-hybridized carbons (Fsp3) is 0.500. The van der Waals surface area contributed by atoms with E-state index in [1.165, 1.54) is 6.92 Å². The highest BCUT2D eigenvalue weighted by molar-refractivity contribution is 7.51. The number of carbonyl (C=O) groups is 1. The van der Waals surface area contributed by atoms with Gasteiger partial charge in [-0.05, 0) is 6.92 Å². The summed E-state index contributed by atoms with van der Waals surface area (Å²) < 4.78 is 16.0. The van der Waals surface area contributed by atoms with Crippen LogP contribution in [-0.4, -0.2) is 49.4 Å². The van der Waals surface area contributed by atoms with Crippen molar-refractivity contribution in [1.29, 1.82) is 0 Å². The molecule has 0 fully saturated rings. The number of rotatable bonds is 6. The molecule has 1 atom stereocenters. The molecule has 0 unspecified atom stereocenters. The number of aromatic nitrogens is 2. The molecule has 0 radical (unpaired) electrons. The maximum absolute atomic E-state index is 11.9. The van der Waals surface area contributed by atoms with E-state index in [-0.39, 0.29) is 5.56 Å². The average Bonchev–Trinajstić information content (AvgIpc) is 2.37. The van der Waals surface area contributed by atoms with Gasteiger partial charge in [-0.15, -0.1) is 0 Å². The number of aryl methyl sites for hydroxylation is 1. The Bertz CT molecular complexity index is 672. The lowest BCUT2D eigenvalue weighted by atomic mass is 10.2. The first kappa shape index (κ1) is 17.5. The van der Waals surface area contributed by atoms with Gasteiger partial charge in [-0.2, -0.15) is 0 Å². The predicted molar refractivity (Wildman–Crippen MR) is 70.2 cm³/mol. The number of aromatic amines is 1. The molecule has 0 bridgehead atoms. The molecular weight excluding hydrogens is 307 g/mol. The van der Waals surface area contributed by atoms with E-state index in [9.17, 15) is 18.9 Å². The number of H-pyrrole nitrogens is 1. The third kappa shape index (κ3) is 5.37. The second-order valence-corrected chi connectivity index (χ2v) is 5.89. The molecule has 0 saturated carbocycles. The van der Waals surface area contributed by atoms with Crippen LogP contribution >= 0.6 is 7.60 Å². The normalized spacial score (nSPS) is 13.1. The van der Waals surface area contributed by atoms with Crippen molar-refractivity contribution >= 4 is 13.5 Å². The number of nitrogens with one attached hydrogen (secondary N) is 1. The summed E-state index contributed by atoms with van der Waals surface area (Å²) in [6.07, 6.45) is -1.57. The molecule has 0 saturated heterocycles. The van der Waals surface area contributed by atoms with Gasteiger partial charge in [0.2, 0.25) is 5.91 Å². The Labute approximate surface area is 118 Å². The average molecular weight is 322 g/mol. The Kier molecular flexibility index (Phi) is 5.76. The number of nitrogens with zero attached hydrogens (tertiary/aromatic N) is 1. The summed E-state index contributed by atoms with van der Waals surface area (Å²) >= 11 is 0. The third-order valence-corrected chi connectivity index (χ3v) is 2.96. The Morgan fingerprint density at radius 3 is 2.62 bits per heavy atom. The Morgan fingerprint density at radius 1 is 1.48 bits per heavy atom. The minimum atomic E-state index is -4.43. The number of hydrogen-bond donors (Lipinski definition) is 4. The van der Waals surface area contributed by atoms with Gasteiger partial charge in [0.15, 0.2) is 0 Å². The van der Waals surface area contributed by atoms with Crippen LogP contribution in [0.15, 0.2) is 15.8 Å². The topological polar surface area (TPSA) is 159 Å². The summed E-state index contributed by atoms with van der Waals surface area (Å²) in [6.45, 7) is 0.735. The highest BCUT2D eigenvalue weighted by Crippen LogP contribution is 2.34. The lowest BCUT2D eigenvalue weighted by Gasteiger charge is -2.15. The minimum absolute atomic E-state index is 0.139.